The van der Waals surface area contributed by atoms with Crippen molar-refractivity contribution in [2.24, 2.45) is 5.92 Å². The van der Waals surface area contributed by atoms with E-state index in [9.17, 15) is 4.79 Å². The summed E-state index contributed by atoms with van der Waals surface area (Å²) in [6, 6.07) is 11.3. The van der Waals surface area contributed by atoms with E-state index in [0.29, 0.717) is 29.5 Å². The van der Waals surface area contributed by atoms with Crippen LogP contribution in [0.5, 0.6) is 5.75 Å². The summed E-state index contributed by atoms with van der Waals surface area (Å²) >= 11 is 0. The van der Waals surface area contributed by atoms with E-state index in [1.807, 2.05) is 18.2 Å². The Balaban J connectivity index is 2.00. The Morgan fingerprint density at radius 1 is 1.11 bits per heavy atom. The van der Waals surface area contributed by atoms with Gasteiger partial charge in [0.2, 0.25) is 0 Å². The van der Waals surface area contributed by atoms with Crippen molar-refractivity contribution in [3.05, 3.63) is 47.5 Å². The number of ether oxygens (including phenoxy) is 2. The first-order valence-electron chi connectivity index (χ1n) is 9.11. The molecular formula is C21H25N3O3. The van der Waals surface area contributed by atoms with Crippen LogP contribution in [0.3, 0.4) is 0 Å². The fourth-order valence-electron chi connectivity index (χ4n) is 2.87. The van der Waals surface area contributed by atoms with E-state index in [-0.39, 0.29) is 5.97 Å². The molecule has 0 fully saturated rings. The maximum atomic E-state index is 11.7. The Morgan fingerprint density at radius 3 is 2.56 bits per heavy atom. The maximum absolute atomic E-state index is 11.7. The first kappa shape index (κ1) is 18.9. The number of hydrogen-bond donors (Lipinski definition) is 0. The molecule has 6 heteroatoms. The molecule has 2 aromatic carbocycles. The Hall–Kier alpha value is -2.89. The Morgan fingerprint density at radius 2 is 1.89 bits per heavy atom. The van der Waals surface area contributed by atoms with Crippen molar-refractivity contribution >= 4 is 17.0 Å². The van der Waals surface area contributed by atoms with Crippen LogP contribution in [-0.2, 0) is 4.74 Å². The quantitative estimate of drug-likeness (QED) is 0.606. The maximum Gasteiger partial charge on any atom is 0.337 e. The van der Waals surface area contributed by atoms with Crippen molar-refractivity contribution in [2.45, 2.75) is 33.6 Å². The minimum absolute atomic E-state index is 0.313. The summed E-state index contributed by atoms with van der Waals surface area (Å²) in [5.74, 6) is 1.29. The molecule has 0 saturated carbocycles. The van der Waals surface area contributed by atoms with Gasteiger partial charge >= 0.3 is 5.97 Å². The molecule has 1 heterocycles. The lowest BCUT2D eigenvalue weighted by Crippen LogP contribution is -2.08. The van der Waals surface area contributed by atoms with Gasteiger partial charge in [-0.1, -0.05) is 32.9 Å². The van der Waals surface area contributed by atoms with Crippen LogP contribution in [0.1, 0.15) is 49.5 Å². The smallest absolute Gasteiger partial charge is 0.337 e. The monoisotopic (exact) mass is 367 g/mol. The molecular weight excluding hydrogens is 342 g/mol. The molecule has 0 saturated heterocycles. The van der Waals surface area contributed by atoms with Gasteiger partial charge in [-0.05, 0) is 53.8 Å². The number of fused-ring (bicyclic) bond motifs is 1. The minimum Gasteiger partial charge on any atom is -0.493 e. The first-order valence-corrected chi connectivity index (χ1v) is 9.11. The Kier molecular flexibility index (Phi) is 5.44. The van der Waals surface area contributed by atoms with E-state index in [1.165, 1.54) is 7.11 Å². The Bertz CT molecular complexity index is 960. The minimum atomic E-state index is -0.389. The highest BCUT2D eigenvalue weighted by Gasteiger charge is 2.15. The Labute approximate surface area is 159 Å². The van der Waals surface area contributed by atoms with Crippen LogP contribution in [0.25, 0.3) is 16.7 Å². The van der Waals surface area contributed by atoms with Crippen molar-refractivity contribution < 1.29 is 14.3 Å². The van der Waals surface area contributed by atoms with Crippen LogP contribution in [0.4, 0.5) is 0 Å². The van der Waals surface area contributed by atoms with Gasteiger partial charge in [-0.2, -0.15) is 0 Å². The van der Waals surface area contributed by atoms with Gasteiger partial charge in [-0.25, -0.2) is 9.48 Å². The summed E-state index contributed by atoms with van der Waals surface area (Å²) in [5, 5.41) is 8.47. The van der Waals surface area contributed by atoms with Gasteiger partial charge in [0.25, 0.3) is 0 Å². The van der Waals surface area contributed by atoms with Gasteiger partial charge in [0, 0.05) is 0 Å². The van der Waals surface area contributed by atoms with Gasteiger partial charge in [0.05, 0.1) is 30.5 Å². The zero-order valence-corrected chi connectivity index (χ0v) is 16.4. The lowest BCUT2D eigenvalue weighted by molar-refractivity contribution is 0.0601. The van der Waals surface area contributed by atoms with Crippen molar-refractivity contribution in [1.29, 1.82) is 0 Å². The largest absolute Gasteiger partial charge is 0.493 e. The molecule has 1 aromatic heterocycles. The molecule has 0 amide bonds. The molecule has 3 rings (SSSR count). The average Bonchev–Trinajstić information content (AvgIpc) is 3.08. The van der Waals surface area contributed by atoms with Crippen molar-refractivity contribution in [3.63, 3.8) is 0 Å². The highest BCUT2D eigenvalue weighted by molar-refractivity contribution is 5.93. The predicted molar refractivity (Wildman–Crippen MR) is 105 cm³/mol. The van der Waals surface area contributed by atoms with Crippen molar-refractivity contribution in [3.8, 4) is 11.4 Å². The summed E-state index contributed by atoms with van der Waals surface area (Å²) in [6.07, 6.45) is 0. The standard InChI is InChI=1S/C21H25N3O3/c1-13(2)12-27-20-9-7-16(11-17(20)14(3)4)24-19-8-6-15(21(25)26-5)10-18(19)22-23-24/h6-11,13-14H,12H2,1-5H3. The fourth-order valence-corrected chi connectivity index (χ4v) is 2.87. The third-order valence-corrected chi connectivity index (χ3v) is 4.30. The highest BCUT2D eigenvalue weighted by atomic mass is 16.5. The van der Waals surface area contributed by atoms with Gasteiger partial charge in [0.1, 0.15) is 11.3 Å². The van der Waals surface area contributed by atoms with Gasteiger partial charge < -0.3 is 9.47 Å². The van der Waals surface area contributed by atoms with E-state index in [4.69, 9.17) is 9.47 Å². The number of rotatable bonds is 6. The molecule has 0 unspecified atom stereocenters. The molecule has 6 nitrogen and oxygen atoms in total. The zero-order valence-electron chi connectivity index (χ0n) is 16.4. The summed E-state index contributed by atoms with van der Waals surface area (Å²) in [4.78, 5) is 11.7. The number of carbonyl (C=O) groups is 1. The van der Waals surface area contributed by atoms with Crippen LogP contribution < -0.4 is 4.74 Å². The van der Waals surface area contributed by atoms with E-state index < -0.39 is 0 Å². The first-order chi connectivity index (χ1) is 12.9. The number of hydrogen-bond acceptors (Lipinski definition) is 5. The number of nitrogens with zero attached hydrogens (tertiary/aromatic N) is 3. The summed E-state index contributed by atoms with van der Waals surface area (Å²) in [7, 11) is 1.36. The van der Waals surface area contributed by atoms with Crippen molar-refractivity contribution in [1.82, 2.24) is 15.0 Å². The number of esters is 1. The van der Waals surface area contributed by atoms with E-state index in [2.05, 4.69) is 44.1 Å². The number of carbonyl (C=O) groups excluding carboxylic acids is 1. The zero-order chi connectivity index (χ0) is 19.6. The third kappa shape index (κ3) is 3.94. The molecule has 0 spiro atoms. The summed E-state index contributed by atoms with van der Waals surface area (Å²) < 4.78 is 12.5. The highest BCUT2D eigenvalue weighted by Crippen LogP contribution is 2.30. The summed E-state index contributed by atoms with van der Waals surface area (Å²) in [6.45, 7) is 9.23. The van der Waals surface area contributed by atoms with Gasteiger partial charge in [0.15, 0.2) is 0 Å². The SMILES string of the molecule is COC(=O)c1ccc2c(c1)nnn2-c1ccc(OCC(C)C)c(C(C)C)c1. The molecule has 0 aliphatic carbocycles. The fraction of sp³-hybridized carbons (Fsp3) is 0.381. The van der Waals surface area contributed by atoms with Crippen LogP contribution in [0, 0.1) is 5.92 Å². The number of methoxy groups -OCH3 is 1. The molecule has 0 aliphatic heterocycles. The van der Waals surface area contributed by atoms with Crippen molar-refractivity contribution in [2.75, 3.05) is 13.7 Å². The average molecular weight is 367 g/mol. The van der Waals surface area contributed by atoms with E-state index in [0.717, 1.165) is 22.5 Å². The van der Waals surface area contributed by atoms with E-state index in [1.54, 1.807) is 16.8 Å². The normalized spacial score (nSPS) is 11.4. The molecule has 0 aliphatic rings. The lowest BCUT2D eigenvalue weighted by Gasteiger charge is -2.17. The molecule has 0 N–H and O–H groups in total. The van der Waals surface area contributed by atoms with Crippen LogP contribution in [-0.4, -0.2) is 34.7 Å². The van der Waals surface area contributed by atoms with Crippen LogP contribution in [0.2, 0.25) is 0 Å². The predicted octanol–water partition coefficient (Wildman–Crippen LogP) is 4.37. The molecule has 0 atom stereocenters. The molecule has 0 radical (unpaired) electrons. The molecule has 142 valence electrons. The molecule has 27 heavy (non-hydrogen) atoms. The van der Waals surface area contributed by atoms with Crippen LogP contribution >= 0.6 is 0 Å². The van der Waals surface area contributed by atoms with Crippen LogP contribution in [0.15, 0.2) is 36.4 Å². The van der Waals surface area contributed by atoms with Gasteiger partial charge in [-0.15, -0.1) is 5.10 Å². The summed E-state index contributed by atoms with van der Waals surface area (Å²) in [5.41, 5.74) is 3.96. The number of aromatic nitrogens is 3. The second kappa shape index (κ2) is 7.78. The lowest BCUT2D eigenvalue weighted by atomic mass is 10.0. The number of benzene rings is 2. The second-order valence-electron chi connectivity index (χ2n) is 7.28. The second-order valence-corrected chi connectivity index (χ2v) is 7.28. The van der Waals surface area contributed by atoms with Gasteiger partial charge in [-0.3, -0.25) is 0 Å². The molecule has 3 aromatic rings. The van der Waals surface area contributed by atoms with E-state index >= 15 is 0 Å². The third-order valence-electron chi connectivity index (χ3n) is 4.30. The molecule has 0 bridgehead atoms. The topological polar surface area (TPSA) is 66.2 Å².